The van der Waals surface area contributed by atoms with Crippen LogP contribution < -0.4 is 4.74 Å². The van der Waals surface area contributed by atoms with Gasteiger partial charge in [0.25, 0.3) is 0 Å². The number of carbonyl (C=O) groups is 2. The Kier molecular flexibility index (Phi) is 6.77. The van der Waals surface area contributed by atoms with E-state index < -0.39 is 12.1 Å². The third-order valence-electron chi connectivity index (χ3n) is 4.48. The number of thioether (sulfide) groups is 1. The van der Waals surface area contributed by atoms with Crippen molar-refractivity contribution in [3.05, 3.63) is 81.9 Å². The Balaban J connectivity index is 1.66. The number of ketones is 1. The molecule has 150 valence electrons. The number of Topliss-reactive ketones (excluding diaryl/α,β-unsaturated/α-hetero) is 1. The predicted molar refractivity (Wildman–Crippen MR) is 116 cm³/mol. The molecule has 29 heavy (non-hydrogen) atoms. The zero-order valence-electron chi connectivity index (χ0n) is 16.4. The standard InChI is InChI=1S/C23H23NO4S/c1-16-10-11-19(15-29-16)22(25)21-9-5-13-24(21)12-4-7-18-6-3-8-20(14-18)28-17(2)23(26)27/h3-10,13-15,17H,11-12H2,1-2H3,(H,26,27)/b7-4+/t17-/m0/s1. The highest BCUT2D eigenvalue weighted by Gasteiger charge is 2.17. The first-order valence-corrected chi connectivity index (χ1v) is 10.2. The van der Waals surface area contributed by atoms with Gasteiger partial charge in [-0.05, 0) is 60.4 Å². The van der Waals surface area contributed by atoms with E-state index in [9.17, 15) is 9.59 Å². The zero-order chi connectivity index (χ0) is 20.8. The van der Waals surface area contributed by atoms with E-state index >= 15 is 0 Å². The fourth-order valence-corrected chi connectivity index (χ4v) is 3.56. The van der Waals surface area contributed by atoms with Gasteiger partial charge in [-0.15, -0.1) is 11.8 Å². The molecule has 2 aromatic rings. The highest BCUT2D eigenvalue weighted by atomic mass is 32.2. The highest BCUT2D eigenvalue weighted by Crippen LogP contribution is 2.28. The summed E-state index contributed by atoms with van der Waals surface area (Å²) in [5.74, 6) is -0.449. The minimum Gasteiger partial charge on any atom is -0.479 e. The van der Waals surface area contributed by atoms with E-state index in [1.165, 1.54) is 11.8 Å². The van der Waals surface area contributed by atoms with E-state index in [-0.39, 0.29) is 5.78 Å². The molecule has 0 amide bonds. The van der Waals surface area contributed by atoms with Crippen LogP contribution in [0.4, 0.5) is 0 Å². The van der Waals surface area contributed by atoms with Gasteiger partial charge in [-0.3, -0.25) is 4.79 Å². The minimum atomic E-state index is -1.01. The number of rotatable bonds is 8. The summed E-state index contributed by atoms with van der Waals surface area (Å²) in [5.41, 5.74) is 2.37. The highest BCUT2D eigenvalue weighted by molar-refractivity contribution is 8.05. The Bertz CT molecular complexity index is 1000. The van der Waals surface area contributed by atoms with Gasteiger partial charge in [0.1, 0.15) is 5.75 Å². The molecule has 1 atom stereocenters. The summed E-state index contributed by atoms with van der Waals surface area (Å²) < 4.78 is 7.32. The molecular weight excluding hydrogens is 386 g/mol. The summed E-state index contributed by atoms with van der Waals surface area (Å²) >= 11 is 1.59. The van der Waals surface area contributed by atoms with Crippen molar-refractivity contribution >= 4 is 29.6 Å². The van der Waals surface area contributed by atoms with Crippen molar-refractivity contribution in [3.8, 4) is 5.75 Å². The van der Waals surface area contributed by atoms with Crippen molar-refractivity contribution in [2.24, 2.45) is 0 Å². The van der Waals surface area contributed by atoms with Gasteiger partial charge in [0.2, 0.25) is 5.78 Å². The van der Waals surface area contributed by atoms with Crippen LogP contribution in [0.25, 0.3) is 6.08 Å². The van der Waals surface area contributed by atoms with Crippen LogP contribution in [-0.2, 0) is 11.3 Å². The predicted octanol–water partition coefficient (Wildman–Crippen LogP) is 5.16. The molecular formula is C23H23NO4S. The third kappa shape index (κ3) is 5.51. The van der Waals surface area contributed by atoms with Gasteiger partial charge < -0.3 is 14.4 Å². The van der Waals surface area contributed by atoms with Gasteiger partial charge >= 0.3 is 5.97 Å². The second kappa shape index (κ2) is 9.47. The second-order valence-electron chi connectivity index (χ2n) is 6.73. The number of ether oxygens (including phenoxy) is 1. The van der Waals surface area contributed by atoms with E-state index in [0.29, 0.717) is 24.4 Å². The molecule has 5 nitrogen and oxygen atoms in total. The Hall–Kier alpha value is -2.99. The fraction of sp³-hybridized carbons (Fsp3) is 0.217. The molecule has 1 aromatic heterocycles. The molecule has 1 aliphatic heterocycles. The van der Waals surface area contributed by atoms with Gasteiger partial charge in [0, 0.05) is 18.3 Å². The van der Waals surface area contributed by atoms with Crippen molar-refractivity contribution in [1.82, 2.24) is 4.57 Å². The summed E-state index contributed by atoms with van der Waals surface area (Å²) in [4.78, 5) is 24.9. The molecule has 0 saturated carbocycles. The molecule has 0 saturated heterocycles. The Morgan fingerprint density at radius 1 is 1.31 bits per heavy atom. The maximum atomic E-state index is 12.8. The van der Waals surface area contributed by atoms with Crippen molar-refractivity contribution in [2.45, 2.75) is 32.9 Å². The van der Waals surface area contributed by atoms with Crippen LogP contribution in [-0.4, -0.2) is 27.5 Å². The van der Waals surface area contributed by atoms with E-state index in [1.807, 2.05) is 59.5 Å². The zero-order valence-corrected chi connectivity index (χ0v) is 17.2. The molecule has 2 heterocycles. The second-order valence-corrected chi connectivity index (χ2v) is 7.84. The van der Waals surface area contributed by atoms with Gasteiger partial charge in [0.05, 0.1) is 5.69 Å². The summed E-state index contributed by atoms with van der Waals surface area (Å²) in [6.45, 7) is 4.09. The summed E-state index contributed by atoms with van der Waals surface area (Å²) in [5, 5.41) is 10.9. The smallest absolute Gasteiger partial charge is 0.344 e. The van der Waals surface area contributed by atoms with Crippen LogP contribution >= 0.6 is 11.8 Å². The number of nitrogens with zero attached hydrogens (tertiary/aromatic N) is 1. The monoisotopic (exact) mass is 409 g/mol. The molecule has 1 aliphatic rings. The summed E-state index contributed by atoms with van der Waals surface area (Å²) in [7, 11) is 0. The lowest BCUT2D eigenvalue weighted by atomic mass is 10.1. The normalized spacial score (nSPS) is 15.0. The molecule has 0 aliphatic carbocycles. The molecule has 1 N–H and O–H groups in total. The Labute approximate surface area is 174 Å². The SMILES string of the molecule is CC1=CCC(C(=O)c2cccn2C/C=C/c2cccc(O[C@@H](C)C(=O)O)c2)=CS1. The molecule has 6 heteroatoms. The van der Waals surface area contributed by atoms with Crippen molar-refractivity contribution in [2.75, 3.05) is 0 Å². The number of allylic oxidation sites excluding steroid dienone is 4. The summed E-state index contributed by atoms with van der Waals surface area (Å²) in [6.07, 6.45) is 7.61. The molecule has 0 fully saturated rings. The number of carbonyl (C=O) groups excluding carboxylic acids is 1. The minimum absolute atomic E-state index is 0.0534. The lowest BCUT2D eigenvalue weighted by Crippen LogP contribution is -2.22. The first kappa shape index (κ1) is 20.7. The van der Waals surface area contributed by atoms with Crippen LogP contribution in [0.1, 0.15) is 36.3 Å². The average molecular weight is 410 g/mol. The Morgan fingerprint density at radius 3 is 2.86 bits per heavy atom. The first-order valence-electron chi connectivity index (χ1n) is 9.32. The topological polar surface area (TPSA) is 68.5 Å². The number of aromatic nitrogens is 1. The van der Waals surface area contributed by atoms with Gasteiger partial charge in [-0.25, -0.2) is 4.79 Å². The Morgan fingerprint density at radius 2 is 2.14 bits per heavy atom. The fourth-order valence-electron chi connectivity index (χ4n) is 2.85. The van der Waals surface area contributed by atoms with Crippen LogP contribution in [0.15, 0.2) is 70.6 Å². The lowest BCUT2D eigenvalue weighted by Gasteiger charge is -2.12. The maximum absolute atomic E-state index is 12.8. The molecule has 0 radical (unpaired) electrons. The number of aliphatic carboxylic acids is 1. The van der Waals surface area contributed by atoms with Crippen LogP contribution in [0.5, 0.6) is 5.75 Å². The van der Waals surface area contributed by atoms with Crippen molar-refractivity contribution in [3.63, 3.8) is 0 Å². The van der Waals surface area contributed by atoms with Crippen molar-refractivity contribution < 1.29 is 19.4 Å². The van der Waals surface area contributed by atoms with E-state index in [1.54, 1.807) is 23.9 Å². The van der Waals surface area contributed by atoms with E-state index in [4.69, 9.17) is 9.84 Å². The number of carboxylic acids is 1. The molecule has 1 aromatic carbocycles. The van der Waals surface area contributed by atoms with Crippen LogP contribution in [0.3, 0.4) is 0 Å². The first-order chi connectivity index (χ1) is 13.9. The molecule has 0 spiro atoms. The third-order valence-corrected chi connectivity index (χ3v) is 5.42. The van der Waals surface area contributed by atoms with E-state index in [2.05, 4.69) is 6.08 Å². The molecule has 3 rings (SSSR count). The lowest BCUT2D eigenvalue weighted by molar-refractivity contribution is -0.144. The number of hydrogen-bond donors (Lipinski definition) is 1. The molecule has 0 bridgehead atoms. The van der Waals surface area contributed by atoms with Crippen molar-refractivity contribution in [1.29, 1.82) is 0 Å². The quantitative estimate of drug-likeness (QED) is 0.610. The largest absolute Gasteiger partial charge is 0.479 e. The summed E-state index contributed by atoms with van der Waals surface area (Å²) in [6, 6.07) is 11.0. The number of carboxylic acid groups (broad SMARTS) is 1. The van der Waals surface area contributed by atoms with Gasteiger partial charge in [-0.1, -0.05) is 30.4 Å². The van der Waals surface area contributed by atoms with Crippen LogP contribution in [0.2, 0.25) is 0 Å². The average Bonchev–Trinajstić information content (AvgIpc) is 3.17. The van der Waals surface area contributed by atoms with Gasteiger partial charge in [-0.2, -0.15) is 0 Å². The number of hydrogen-bond acceptors (Lipinski definition) is 4. The molecule has 0 unspecified atom stereocenters. The maximum Gasteiger partial charge on any atom is 0.344 e. The van der Waals surface area contributed by atoms with E-state index in [0.717, 1.165) is 11.1 Å². The van der Waals surface area contributed by atoms with Crippen LogP contribution in [0, 0.1) is 0 Å². The number of benzene rings is 1. The van der Waals surface area contributed by atoms with Gasteiger partial charge in [0.15, 0.2) is 6.10 Å².